The first-order valence-corrected chi connectivity index (χ1v) is 8.46. The van der Waals surface area contributed by atoms with Crippen LogP contribution in [0.15, 0.2) is 24.3 Å². The number of carbonyl (C=O) groups is 3. The first-order chi connectivity index (χ1) is 11.8. The lowest BCUT2D eigenvalue weighted by atomic mass is 10.1. The maximum Gasteiger partial charge on any atom is 0.341 e. The standard InChI is InChI=1S/C17H17ClN2O4S/c1-9-12(17(23)24-4)15(25-13(9)16(22)20(2)3)19-14(21)10-5-7-11(18)8-6-10/h5-8H,1-4H3,(H,19,21). The van der Waals surface area contributed by atoms with Crippen LogP contribution in [0.25, 0.3) is 0 Å². The van der Waals surface area contributed by atoms with Crippen molar-refractivity contribution >= 4 is 45.7 Å². The summed E-state index contributed by atoms with van der Waals surface area (Å²) in [5.41, 5.74) is 1.04. The van der Waals surface area contributed by atoms with Gasteiger partial charge in [-0.05, 0) is 36.8 Å². The maximum atomic E-state index is 12.4. The molecule has 0 saturated carbocycles. The molecule has 0 atom stereocenters. The molecular weight excluding hydrogens is 364 g/mol. The van der Waals surface area contributed by atoms with Crippen LogP contribution in [0.4, 0.5) is 5.00 Å². The number of thiophene rings is 1. The maximum absolute atomic E-state index is 12.4. The molecule has 0 radical (unpaired) electrons. The third-order valence-corrected chi connectivity index (χ3v) is 4.92. The van der Waals surface area contributed by atoms with E-state index in [1.54, 1.807) is 45.3 Å². The van der Waals surface area contributed by atoms with E-state index in [9.17, 15) is 14.4 Å². The third kappa shape index (κ3) is 4.00. The van der Waals surface area contributed by atoms with E-state index in [0.717, 1.165) is 11.3 Å². The molecule has 0 fully saturated rings. The van der Waals surface area contributed by atoms with Gasteiger partial charge in [0.25, 0.3) is 11.8 Å². The van der Waals surface area contributed by atoms with Gasteiger partial charge < -0.3 is 15.0 Å². The second-order valence-electron chi connectivity index (χ2n) is 5.41. The second-order valence-corrected chi connectivity index (χ2v) is 6.87. The van der Waals surface area contributed by atoms with Crippen molar-refractivity contribution in [2.24, 2.45) is 0 Å². The summed E-state index contributed by atoms with van der Waals surface area (Å²) in [6.07, 6.45) is 0. The summed E-state index contributed by atoms with van der Waals surface area (Å²) in [5.74, 6) is -1.27. The fourth-order valence-corrected chi connectivity index (χ4v) is 3.47. The number of rotatable bonds is 4. The molecule has 0 unspecified atom stereocenters. The van der Waals surface area contributed by atoms with Gasteiger partial charge in [0.05, 0.1) is 17.6 Å². The number of carbonyl (C=O) groups excluding carboxylic acids is 3. The van der Waals surface area contributed by atoms with Crippen LogP contribution in [-0.2, 0) is 4.74 Å². The van der Waals surface area contributed by atoms with Gasteiger partial charge in [0.1, 0.15) is 5.00 Å². The van der Waals surface area contributed by atoms with Gasteiger partial charge in [-0.15, -0.1) is 11.3 Å². The Balaban J connectivity index is 2.43. The van der Waals surface area contributed by atoms with Gasteiger partial charge in [-0.1, -0.05) is 11.6 Å². The SMILES string of the molecule is COC(=O)c1c(NC(=O)c2ccc(Cl)cc2)sc(C(=O)N(C)C)c1C. The molecule has 1 N–H and O–H groups in total. The number of hydrogen-bond acceptors (Lipinski definition) is 5. The van der Waals surface area contributed by atoms with Gasteiger partial charge in [-0.25, -0.2) is 4.79 Å². The highest BCUT2D eigenvalue weighted by molar-refractivity contribution is 7.18. The van der Waals surface area contributed by atoms with Gasteiger partial charge in [0.2, 0.25) is 0 Å². The number of esters is 1. The smallest absolute Gasteiger partial charge is 0.341 e. The summed E-state index contributed by atoms with van der Waals surface area (Å²) in [6.45, 7) is 1.65. The molecule has 0 aliphatic heterocycles. The highest BCUT2D eigenvalue weighted by Gasteiger charge is 2.27. The molecule has 0 spiro atoms. The van der Waals surface area contributed by atoms with Gasteiger partial charge in [0, 0.05) is 24.7 Å². The quantitative estimate of drug-likeness (QED) is 0.824. The van der Waals surface area contributed by atoms with Crippen LogP contribution in [0.2, 0.25) is 5.02 Å². The molecule has 2 aromatic rings. The Morgan fingerprint density at radius 1 is 1.16 bits per heavy atom. The number of benzene rings is 1. The minimum Gasteiger partial charge on any atom is -0.465 e. The number of nitrogens with zero attached hydrogens (tertiary/aromatic N) is 1. The molecule has 0 saturated heterocycles. The van der Waals surface area contributed by atoms with Gasteiger partial charge >= 0.3 is 5.97 Å². The Morgan fingerprint density at radius 2 is 1.76 bits per heavy atom. The van der Waals surface area contributed by atoms with E-state index in [0.29, 0.717) is 21.0 Å². The lowest BCUT2D eigenvalue weighted by Gasteiger charge is -2.08. The van der Waals surface area contributed by atoms with Crippen LogP contribution in [-0.4, -0.2) is 43.9 Å². The molecule has 25 heavy (non-hydrogen) atoms. The Labute approximate surface area is 154 Å². The molecule has 2 rings (SSSR count). The Kier molecular flexibility index (Phi) is 5.81. The predicted octanol–water partition coefficient (Wildman–Crippen LogP) is 3.45. The van der Waals surface area contributed by atoms with Crippen LogP contribution < -0.4 is 5.32 Å². The summed E-state index contributed by atoms with van der Waals surface area (Å²) in [7, 11) is 4.48. The molecule has 0 aliphatic carbocycles. The van der Waals surface area contributed by atoms with E-state index >= 15 is 0 Å². The molecule has 1 aromatic carbocycles. The van der Waals surface area contributed by atoms with Crippen molar-refractivity contribution in [1.29, 1.82) is 0 Å². The fourth-order valence-electron chi connectivity index (χ4n) is 2.13. The zero-order chi connectivity index (χ0) is 18.7. The number of anilines is 1. The van der Waals surface area contributed by atoms with Crippen molar-refractivity contribution in [2.45, 2.75) is 6.92 Å². The van der Waals surface area contributed by atoms with E-state index < -0.39 is 11.9 Å². The first kappa shape index (κ1) is 19.0. The lowest BCUT2D eigenvalue weighted by molar-refractivity contribution is 0.0601. The lowest BCUT2D eigenvalue weighted by Crippen LogP contribution is -2.21. The number of methoxy groups -OCH3 is 1. The van der Waals surface area contributed by atoms with Gasteiger partial charge in [0.15, 0.2) is 0 Å². The summed E-state index contributed by atoms with van der Waals surface area (Å²) in [4.78, 5) is 38.6. The average Bonchev–Trinajstić information content (AvgIpc) is 2.90. The number of nitrogens with one attached hydrogen (secondary N) is 1. The Hall–Kier alpha value is -2.38. The highest BCUT2D eigenvalue weighted by atomic mass is 35.5. The Bertz CT molecular complexity index is 828. The van der Waals surface area contributed by atoms with Crippen LogP contribution >= 0.6 is 22.9 Å². The molecular formula is C17H17ClN2O4S. The molecule has 132 valence electrons. The van der Waals surface area contributed by atoms with E-state index in [-0.39, 0.29) is 16.5 Å². The van der Waals surface area contributed by atoms with Crippen molar-refractivity contribution in [3.63, 3.8) is 0 Å². The van der Waals surface area contributed by atoms with Crippen molar-refractivity contribution in [1.82, 2.24) is 4.90 Å². The number of amides is 2. The largest absolute Gasteiger partial charge is 0.465 e. The number of ether oxygens (including phenoxy) is 1. The van der Waals surface area contributed by atoms with E-state index in [2.05, 4.69) is 5.32 Å². The number of hydrogen-bond donors (Lipinski definition) is 1. The second kappa shape index (κ2) is 7.67. The molecule has 0 aliphatic rings. The van der Waals surface area contributed by atoms with Crippen LogP contribution in [0, 0.1) is 6.92 Å². The normalized spacial score (nSPS) is 10.3. The molecule has 8 heteroatoms. The monoisotopic (exact) mass is 380 g/mol. The average molecular weight is 381 g/mol. The van der Waals surface area contributed by atoms with Crippen molar-refractivity contribution in [3.8, 4) is 0 Å². The molecule has 0 bridgehead atoms. The molecule has 6 nitrogen and oxygen atoms in total. The van der Waals surface area contributed by atoms with Crippen LogP contribution in [0.5, 0.6) is 0 Å². The summed E-state index contributed by atoms with van der Waals surface area (Å²) < 4.78 is 4.79. The summed E-state index contributed by atoms with van der Waals surface area (Å²) in [6, 6.07) is 6.33. The van der Waals surface area contributed by atoms with Crippen molar-refractivity contribution < 1.29 is 19.1 Å². The van der Waals surface area contributed by atoms with E-state index in [1.807, 2.05) is 0 Å². The highest BCUT2D eigenvalue weighted by Crippen LogP contribution is 2.34. The summed E-state index contributed by atoms with van der Waals surface area (Å²) in [5, 5.41) is 3.47. The topological polar surface area (TPSA) is 75.7 Å². The van der Waals surface area contributed by atoms with Gasteiger partial charge in [-0.3, -0.25) is 9.59 Å². The van der Waals surface area contributed by atoms with E-state index in [1.165, 1.54) is 12.0 Å². The van der Waals surface area contributed by atoms with Crippen LogP contribution in [0.3, 0.4) is 0 Å². The van der Waals surface area contributed by atoms with Crippen LogP contribution in [0.1, 0.15) is 36.0 Å². The third-order valence-electron chi connectivity index (χ3n) is 3.47. The van der Waals surface area contributed by atoms with Gasteiger partial charge in [-0.2, -0.15) is 0 Å². The fraction of sp³-hybridized carbons (Fsp3) is 0.235. The first-order valence-electron chi connectivity index (χ1n) is 7.26. The van der Waals surface area contributed by atoms with Crippen molar-refractivity contribution in [2.75, 3.05) is 26.5 Å². The Morgan fingerprint density at radius 3 is 2.28 bits per heavy atom. The molecule has 1 aromatic heterocycles. The molecule has 1 heterocycles. The number of halogens is 1. The molecule has 2 amide bonds. The zero-order valence-corrected chi connectivity index (χ0v) is 15.7. The minimum absolute atomic E-state index is 0.181. The van der Waals surface area contributed by atoms with E-state index in [4.69, 9.17) is 16.3 Å². The minimum atomic E-state index is -0.613. The predicted molar refractivity (Wildman–Crippen MR) is 97.8 cm³/mol. The van der Waals surface area contributed by atoms with Crippen molar-refractivity contribution in [3.05, 3.63) is 50.9 Å². The zero-order valence-electron chi connectivity index (χ0n) is 14.2. The summed E-state index contributed by atoms with van der Waals surface area (Å²) >= 11 is 6.86.